The van der Waals surface area contributed by atoms with Crippen LogP contribution in [0.5, 0.6) is 0 Å². The Balaban J connectivity index is 0.00000242. The minimum atomic E-state index is -0.193. The fourth-order valence-electron chi connectivity index (χ4n) is 2.50. The first-order chi connectivity index (χ1) is 10.1. The van der Waals surface area contributed by atoms with Crippen LogP contribution in [0.1, 0.15) is 37.3 Å². The zero-order valence-electron chi connectivity index (χ0n) is 13.0. The Hall–Kier alpha value is -1.59. The Kier molecular flexibility index (Phi) is 6.84. The number of aryl methyl sites for hydroxylation is 1. The molecule has 2 rings (SSSR count). The summed E-state index contributed by atoms with van der Waals surface area (Å²) in [6.45, 7) is 4.70. The highest BCUT2D eigenvalue weighted by atomic mass is 35.5. The van der Waals surface area contributed by atoms with Crippen LogP contribution in [0.25, 0.3) is 0 Å². The second kappa shape index (κ2) is 8.15. The summed E-state index contributed by atoms with van der Waals surface area (Å²) < 4.78 is 0. The molecule has 1 aliphatic heterocycles. The van der Waals surface area contributed by atoms with Gasteiger partial charge < -0.3 is 16.4 Å². The molecular formula is C16H24ClN3O2. The number of hydrogen-bond donors (Lipinski definition) is 3. The second-order valence-electron chi connectivity index (χ2n) is 5.53. The Labute approximate surface area is 137 Å². The van der Waals surface area contributed by atoms with Crippen LogP contribution in [-0.2, 0) is 16.0 Å². The maximum atomic E-state index is 12.1. The molecule has 6 heteroatoms. The maximum Gasteiger partial charge on any atom is 0.232 e. The van der Waals surface area contributed by atoms with E-state index in [1.54, 1.807) is 6.92 Å². The van der Waals surface area contributed by atoms with Crippen LogP contribution in [-0.4, -0.2) is 24.9 Å². The van der Waals surface area contributed by atoms with Gasteiger partial charge >= 0.3 is 0 Å². The van der Waals surface area contributed by atoms with E-state index in [1.807, 2.05) is 12.1 Å². The minimum Gasteiger partial charge on any atom is -0.356 e. The molecule has 22 heavy (non-hydrogen) atoms. The smallest absolute Gasteiger partial charge is 0.232 e. The lowest BCUT2D eigenvalue weighted by molar-refractivity contribution is -0.124. The molecule has 4 N–H and O–H groups in total. The lowest BCUT2D eigenvalue weighted by atomic mass is 9.95. The van der Waals surface area contributed by atoms with E-state index in [-0.39, 0.29) is 36.1 Å². The first-order valence-corrected chi connectivity index (χ1v) is 7.48. The van der Waals surface area contributed by atoms with Crippen molar-refractivity contribution in [2.45, 2.75) is 32.6 Å². The largest absolute Gasteiger partial charge is 0.356 e. The monoisotopic (exact) mass is 325 g/mol. The van der Waals surface area contributed by atoms with Crippen LogP contribution in [0.4, 0.5) is 5.69 Å². The highest BCUT2D eigenvalue weighted by Gasteiger charge is 2.30. The molecule has 122 valence electrons. The summed E-state index contributed by atoms with van der Waals surface area (Å²) in [5.74, 6) is -0.417. The molecule has 0 saturated heterocycles. The molecular weight excluding hydrogens is 302 g/mol. The number of fused-ring (bicyclic) bond motifs is 1. The summed E-state index contributed by atoms with van der Waals surface area (Å²) in [5, 5.41) is 5.74. The molecule has 1 heterocycles. The predicted molar refractivity (Wildman–Crippen MR) is 90.3 cm³/mol. The van der Waals surface area contributed by atoms with E-state index in [0.717, 1.165) is 17.7 Å². The van der Waals surface area contributed by atoms with Crippen molar-refractivity contribution in [3.05, 3.63) is 29.3 Å². The third-order valence-electron chi connectivity index (χ3n) is 4.01. The van der Waals surface area contributed by atoms with Gasteiger partial charge in [-0.1, -0.05) is 26.0 Å². The number of nitrogens with one attached hydrogen (secondary N) is 2. The zero-order valence-corrected chi connectivity index (χ0v) is 13.8. The van der Waals surface area contributed by atoms with Gasteiger partial charge in [0.1, 0.15) is 0 Å². The molecule has 0 bridgehead atoms. The molecule has 1 aliphatic rings. The summed E-state index contributed by atoms with van der Waals surface area (Å²) in [7, 11) is 0. The van der Waals surface area contributed by atoms with Gasteiger partial charge in [-0.25, -0.2) is 0 Å². The number of rotatable bonds is 6. The van der Waals surface area contributed by atoms with Crippen LogP contribution in [0.2, 0.25) is 0 Å². The quantitative estimate of drug-likeness (QED) is 0.745. The van der Waals surface area contributed by atoms with Crippen LogP contribution in [0.3, 0.4) is 0 Å². The van der Waals surface area contributed by atoms with Crippen molar-refractivity contribution >= 4 is 29.9 Å². The molecule has 0 spiro atoms. The predicted octanol–water partition coefficient (Wildman–Crippen LogP) is 1.81. The number of carbonyl (C=O) groups excluding carboxylic acids is 2. The molecule has 2 unspecified atom stereocenters. The number of anilines is 1. The van der Waals surface area contributed by atoms with Gasteiger partial charge in [0, 0.05) is 24.7 Å². The molecule has 1 aromatic carbocycles. The molecule has 0 saturated carbocycles. The standard InChI is InChI=1S/C16H23N3O2.ClH/c1-3-11-4-5-14-13(8-11)12(16(21)19-14)6-7-18-15(20)10(2)9-17;/h4-5,8,10,12H,3,6-7,9,17H2,1-2H3,(H,18,20)(H,19,21);1H. The summed E-state index contributed by atoms with van der Waals surface area (Å²) in [6.07, 6.45) is 1.55. The molecule has 2 atom stereocenters. The second-order valence-corrected chi connectivity index (χ2v) is 5.53. The Bertz CT molecular complexity index is 548. The van der Waals surface area contributed by atoms with Gasteiger partial charge in [0.05, 0.1) is 5.92 Å². The topological polar surface area (TPSA) is 84.2 Å². The third kappa shape index (κ3) is 3.99. The maximum absolute atomic E-state index is 12.1. The summed E-state index contributed by atoms with van der Waals surface area (Å²) in [6, 6.07) is 6.08. The van der Waals surface area contributed by atoms with E-state index in [4.69, 9.17) is 5.73 Å². The van der Waals surface area contributed by atoms with Crippen LogP contribution < -0.4 is 16.4 Å². The van der Waals surface area contributed by atoms with Crippen molar-refractivity contribution in [3.8, 4) is 0 Å². The van der Waals surface area contributed by atoms with Gasteiger partial charge in [-0.15, -0.1) is 12.4 Å². The molecule has 2 amide bonds. The first-order valence-electron chi connectivity index (χ1n) is 7.48. The lowest BCUT2D eigenvalue weighted by Crippen LogP contribution is -2.34. The van der Waals surface area contributed by atoms with E-state index in [1.165, 1.54) is 5.56 Å². The van der Waals surface area contributed by atoms with Crippen molar-refractivity contribution in [1.29, 1.82) is 0 Å². The fraction of sp³-hybridized carbons (Fsp3) is 0.500. The Morgan fingerprint density at radius 3 is 2.82 bits per heavy atom. The molecule has 0 aliphatic carbocycles. The first kappa shape index (κ1) is 18.5. The molecule has 0 radical (unpaired) electrons. The third-order valence-corrected chi connectivity index (χ3v) is 4.01. The van der Waals surface area contributed by atoms with Crippen molar-refractivity contribution < 1.29 is 9.59 Å². The number of nitrogens with two attached hydrogens (primary N) is 1. The summed E-state index contributed by atoms with van der Waals surface area (Å²) >= 11 is 0. The van der Waals surface area contributed by atoms with Crippen molar-refractivity contribution in [2.75, 3.05) is 18.4 Å². The Morgan fingerprint density at radius 2 is 2.18 bits per heavy atom. The van der Waals surface area contributed by atoms with E-state index in [0.29, 0.717) is 19.5 Å². The normalized spacial score (nSPS) is 17.2. The van der Waals surface area contributed by atoms with Crippen LogP contribution in [0, 0.1) is 5.92 Å². The van der Waals surface area contributed by atoms with Gasteiger partial charge in [0.25, 0.3) is 0 Å². The molecule has 1 aromatic rings. The number of amides is 2. The SMILES string of the molecule is CCc1ccc2c(c1)C(CCNC(=O)C(C)CN)C(=O)N2.Cl. The lowest BCUT2D eigenvalue weighted by Gasteiger charge is -2.13. The van der Waals surface area contributed by atoms with Gasteiger partial charge in [-0.05, 0) is 30.0 Å². The Morgan fingerprint density at radius 1 is 1.45 bits per heavy atom. The average molecular weight is 326 g/mol. The summed E-state index contributed by atoms with van der Waals surface area (Å²) in [5.41, 5.74) is 8.61. The number of hydrogen-bond acceptors (Lipinski definition) is 3. The highest BCUT2D eigenvalue weighted by Crippen LogP contribution is 2.35. The van der Waals surface area contributed by atoms with Gasteiger partial charge in [0.15, 0.2) is 0 Å². The van der Waals surface area contributed by atoms with E-state index < -0.39 is 0 Å². The van der Waals surface area contributed by atoms with Gasteiger partial charge in [-0.3, -0.25) is 9.59 Å². The minimum absolute atomic E-state index is 0. The van der Waals surface area contributed by atoms with Gasteiger partial charge in [0.2, 0.25) is 11.8 Å². The zero-order chi connectivity index (χ0) is 15.4. The number of benzene rings is 1. The number of carbonyl (C=O) groups is 2. The fourth-order valence-corrected chi connectivity index (χ4v) is 2.50. The van der Waals surface area contributed by atoms with E-state index in [2.05, 4.69) is 23.6 Å². The van der Waals surface area contributed by atoms with Crippen LogP contribution >= 0.6 is 12.4 Å². The average Bonchev–Trinajstić information content (AvgIpc) is 2.81. The molecule has 0 aromatic heterocycles. The summed E-state index contributed by atoms with van der Waals surface area (Å²) in [4.78, 5) is 23.7. The molecule has 0 fully saturated rings. The molecule has 5 nitrogen and oxygen atoms in total. The van der Waals surface area contributed by atoms with Crippen molar-refractivity contribution in [3.63, 3.8) is 0 Å². The van der Waals surface area contributed by atoms with E-state index in [9.17, 15) is 9.59 Å². The van der Waals surface area contributed by atoms with E-state index >= 15 is 0 Å². The van der Waals surface area contributed by atoms with Gasteiger partial charge in [-0.2, -0.15) is 0 Å². The van der Waals surface area contributed by atoms with Crippen LogP contribution in [0.15, 0.2) is 18.2 Å². The van der Waals surface area contributed by atoms with Crippen molar-refractivity contribution in [1.82, 2.24) is 5.32 Å². The van der Waals surface area contributed by atoms with Crippen molar-refractivity contribution in [2.24, 2.45) is 11.7 Å². The number of halogens is 1. The highest BCUT2D eigenvalue weighted by molar-refractivity contribution is 6.02.